The molecule has 0 amide bonds. The molecule has 0 radical (unpaired) electrons. The molecule has 1 N–H and O–H groups in total. The van der Waals surface area contributed by atoms with E-state index in [1.165, 1.54) is 6.07 Å². The second-order valence-corrected chi connectivity index (χ2v) is 7.28. The topological polar surface area (TPSA) is 20.2 Å². The zero-order chi connectivity index (χ0) is 15.0. The van der Waals surface area contributed by atoms with E-state index in [1.54, 1.807) is 0 Å². The van der Waals surface area contributed by atoms with Gasteiger partial charge in [-0.3, -0.25) is 0 Å². The van der Waals surface area contributed by atoms with E-state index in [2.05, 4.69) is 20.8 Å². The van der Waals surface area contributed by atoms with E-state index < -0.39 is 17.2 Å². The molecule has 0 spiro atoms. The van der Waals surface area contributed by atoms with Crippen molar-refractivity contribution in [3.8, 4) is 0 Å². The number of benzene rings is 1. The predicted molar refractivity (Wildman–Crippen MR) is 76.4 cm³/mol. The Bertz CT molecular complexity index is 468. The molecular formula is C17H24F2O. The molecule has 0 saturated heterocycles. The highest BCUT2D eigenvalue weighted by molar-refractivity contribution is 5.21. The van der Waals surface area contributed by atoms with Gasteiger partial charge in [-0.1, -0.05) is 20.8 Å². The zero-order valence-electron chi connectivity index (χ0n) is 12.5. The molecule has 2 rings (SSSR count). The second-order valence-electron chi connectivity index (χ2n) is 7.28. The van der Waals surface area contributed by atoms with Crippen LogP contribution in [-0.2, 0) is 6.42 Å². The minimum atomic E-state index is -0.892. The molecule has 112 valence electrons. The Labute approximate surface area is 120 Å². The summed E-state index contributed by atoms with van der Waals surface area (Å²) in [6.07, 6.45) is 3.40. The van der Waals surface area contributed by atoms with Crippen LogP contribution in [0.25, 0.3) is 0 Å². The van der Waals surface area contributed by atoms with E-state index in [1.807, 2.05) is 0 Å². The molecule has 1 saturated carbocycles. The molecule has 3 heteroatoms. The van der Waals surface area contributed by atoms with Crippen molar-refractivity contribution in [2.75, 3.05) is 0 Å². The number of rotatable bonds is 2. The lowest BCUT2D eigenvalue weighted by Crippen LogP contribution is -2.39. The Hall–Kier alpha value is -0.960. The van der Waals surface area contributed by atoms with Gasteiger partial charge >= 0.3 is 0 Å². The molecule has 1 aliphatic carbocycles. The van der Waals surface area contributed by atoms with Crippen LogP contribution < -0.4 is 0 Å². The van der Waals surface area contributed by atoms with Gasteiger partial charge in [0, 0.05) is 6.42 Å². The quantitative estimate of drug-likeness (QED) is 0.848. The highest BCUT2D eigenvalue weighted by Gasteiger charge is 2.37. The van der Waals surface area contributed by atoms with Crippen molar-refractivity contribution >= 4 is 0 Å². The highest BCUT2D eigenvalue weighted by atomic mass is 19.1. The summed E-state index contributed by atoms with van der Waals surface area (Å²) in [7, 11) is 0. The number of hydrogen-bond acceptors (Lipinski definition) is 1. The second kappa shape index (κ2) is 5.44. The minimum absolute atomic E-state index is 0.202. The van der Waals surface area contributed by atoms with E-state index >= 15 is 0 Å². The van der Waals surface area contributed by atoms with Gasteiger partial charge in [0.25, 0.3) is 0 Å². The van der Waals surface area contributed by atoms with Gasteiger partial charge < -0.3 is 5.11 Å². The fourth-order valence-electron chi connectivity index (χ4n) is 3.23. The summed E-state index contributed by atoms with van der Waals surface area (Å²) in [5.74, 6) is -0.300. The van der Waals surface area contributed by atoms with Crippen molar-refractivity contribution in [2.24, 2.45) is 11.3 Å². The first-order chi connectivity index (χ1) is 9.20. The fourth-order valence-corrected chi connectivity index (χ4v) is 3.23. The maximum Gasteiger partial charge on any atom is 0.126 e. The Morgan fingerprint density at radius 2 is 1.80 bits per heavy atom. The maximum atomic E-state index is 13.7. The van der Waals surface area contributed by atoms with Crippen LogP contribution in [0.4, 0.5) is 8.78 Å². The van der Waals surface area contributed by atoms with Crippen LogP contribution in [-0.4, -0.2) is 10.7 Å². The lowest BCUT2D eigenvalue weighted by atomic mass is 9.67. The van der Waals surface area contributed by atoms with E-state index in [-0.39, 0.29) is 17.4 Å². The van der Waals surface area contributed by atoms with Crippen molar-refractivity contribution in [2.45, 2.75) is 58.5 Å². The van der Waals surface area contributed by atoms with Crippen LogP contribution in [0.15, 0.2) is 18.2 Å². The van der Waals surface area contributed by atoms with Gasteiger partial charge in [-0.15, -0.1) is 0 Å². The Balaban J connectivity index is 2.05. The molecule has 0 aromatic heterocycles. The first kappa shape index (κ1) is 15.4. The van der Waals surface area contributed by atoms with Gasteiger partial charge in [0.2, 0.25) is 0 Å². The summed E-state index contributed by atoms with van der Waals surface area (Å²) in [4.78, 5) is 0. The third kappa shape index (κ3) is 3.57. The summed E-state index contributed by atoms with van der Waals surface area (Å²) in [5, 5.41) is 10.6. The smallest absolute Gasteiger partial charge is 0.126 e. The van der Waals surface area contributed by atoms with E-state index in [0.29, 0.717) is 18.8 Å². The van der Waals surface area contributed by atoms with Crippen molar-refractivity contribution in [1.82, 2.24) is 0 Å². The third-order valence-electron chi connectivity index (χ3n) is 4.67. The standard InChI is InChI=1S/C17H24F2O/c1-16(2,3)13-6-8-17(20,9-7-13)11-12-10-14(18)4-5-15(12)19/h4-5,10,13,20H,6-9,11H2,1-3H3. The Kier molecular flexibility index (Phi) is 4.19. The first-order valence-corrected chi connectivity index (χ1v) is 7.36. The van der Waals surface area contributed by atoms with Crippen molar-refractivity contribution in [1.29, 1.82) is 0 Å². The number of hydrogen-bond donors (Lipinski definition) is 1. The Morgan fingerprint density at radius 1 is 1.20 bits per heavy atom. The molecule has 20 heavy (non-hydrogen) atoms. The molecule has 1 fully saturated rings. The molecule has 1 aliphatic rings. The van der Waals surface area contributed by atoms with Crippen LogP contribution in [0, 0.1) is 23.0 Å². The number of aliphatic hydroxyl groups is 1. The molecule has 0 atom stereocenters. The lowest BCUT2D eigenvalue weighted by Gasteiger charge is -2.41. The van der Waals surface area contributed by atoms with Crippen LogP contribution in [0.2, 0.25) is 0 Å². The van der Waals surface area contributed by atoms with Gasteiger partial charge in [-0.25, -0.2) is 8.78 Å². The summed E-state index contributed by atoms with van der Waals surface area (Å²) < 4.78 is 26.9. The van der Waals surface area contributed by atoms with E-state index in [9.17, 15) is 13.9 Å². The summed E-state index contributed by atoms with van der Waals surface area (Å²) in [5.41, 5.74) is -0.372. The molecule has 0 aliphatic heterocycles. The van der Waals surface area contributed by atoms with Crippen LogP contribution in [0.3, 0.4) is 0 Å². The average Bonchev–Trinajstić information content (AvgIpc) is 2.33. The maximum absolute atomic E-state index is 13.7. The van der Waals surface area contributed by atoms with Crippen LogP contribution >= 0.6 is 0 Å². The molecule has 0 unspecified atom stereocenters. The normalized spacial score (nSPS) is 27.6. The predicted octanol–water partition coefficient (Wildman–Crippen LogP) is 4.47. The highest BCUT2D eigenvalue weighted by Crippen LogP contribution is 2.42. The van der Waals surface area contributed by atoms with Gasteiger partial charge in [0.05, 0.1) is 5.60 Å². The Morgan fingerprint density at radius 3 is 2.35 bits per heavy atom. The van der Waals surface area contributed by atoms with Crippen molar-refractivity contribution < 1.29 is 13.9 Å². The monoisotopic (exact) mass is 282 g/mol. The molecular weight excluding hydrogens is 258 g/mol. The number of halogens is 2. The van der Waals surface area contributed by atoms with Crippen molar-refractivity contribution in [3.05, 3.63) is 35.4 Å². The molecule has 1 aromatic carbocycles. The lowest BCUT2D eigenvalue weighted by molar-refractivity contribution is -0.0251. The van der Waals surface area contributed by atoms with Gasteiger partial charge in [0.15, 0.2) is 0 Å². The minimum Gasteiger partial charge on any atom is -0.390 e. The van der Waals surface area contributed by atoms with Crippen molar-refractivity contribution in [3.63, 3.8) is 0 Å². The van der Waals surface area contributed by atoms with Gasteiger partial charge in [0.1, 0.15) is 11.6 Å². The molecule has 1 nitrogen and oxygen atoms in total. The average molecular weight is 282 g/mol. The summed E-state index contributed by atoms with van der Waals surface area (Å²) >= 11 is 0. The summed E-state index contributed by atoms with van der Waals surface area (Å²) in [6.45, 7) is 6.65. The van der Waals surface area contributed by atoms with Gasteiger partial charge in [-0.2, -0.15) is 0 Å². The van der Waals surface area contributed by atoms with Gasteiger partial charge in [-0.05, 0) is 60.8 Å². The first-order valence-electron chi connectivity index (χ1n) is 7.36. The van der Waals surface area contributed by atoms with E-state index in [4.69, 9.17) is 0 Å². The zero-order valence-corrected chi connectivity index (χ0v) is 12.5. The van der Waals surface area contributed by atoms with Crippen LogP contribution in [0.1, 0.15) is 52.0 Å². The molecule has 0 heterocycles. The molecule has 0 bridgehead atoms. The van der Waals surface area contributed by atoms with Crippen LogP contribution in [0.5, 0.6) is 0 Å². The summed E-state index contributed by atoms with van der Waals surface area (Å²) in [6, 6.07) is 3.44. The van der Waals surface area contributed by atoms with E-state index in [0.717, 1.165) is 25.0 Å². The molecule has 1 aromatic rings. The third-order valence-corrected chi connectivity index (χ3v) is 4.67. The SMILES string of the molecule is CC(C)(C)C1CCC(O)(Cc2cc(F)ccc2F)CC1. The fraction of sp³-hybridized carbons (Fsp3) is 0.647. The largest absolute Gasteiger partial charge is 0.390 e.